The second-order valence-corrected chi connectivity index (χ2v) is 5.60. The minimum absolute atomic E-state index is 0.0538. The molecular formula is C11H10N4O5S. The van der Waals surface area contributed by atoms with E-state index in [4.69, 9.17) is 16.0 Å². The number of carbonyl (C=O) groups is 2. The Morgan fingerprint density at radius 2 is 1.90 bits per heavy atom. The molecule has 0 radical (unpaired) electrons. The zero-order valence-electron chi connectivity index (χ0n) is 10.4. The van der Waals surface area contributed by atoms with Crippen molar-refractivity contribution in [2.24, 2.45) is 10.9 Å². The summed E-state index contributed by atoms with van der Waals surface area (Å²) >= 11 is 0. The smallest absolute Gasteiger partial charge is 0.337 e. The van der Waals surface area contributed by atoms with Crippen molar-refractivity contribution in [2.45, 2.75) is 4.90 Å². The molecule has 0 atom stereocenters. The maximum atomic E-state index is 11.3. The third-order valence-electron chi connectivity index (χ3n) is 2.62. The molecule has 0 saturated heterocycles. The number of primary amides is 1. The number of benzene rings is 1. The lowest BCUT2D eigenvalue weighted by Crippen LogP contribution is -2.15. The number of carboxylic acids is 1. The molecule has 0 aliphatic carbocycles. The molecule has 1 amide bonds. The maximum Gasteiger partial charge on any atom is 0.337 e. The highest BCUT2D eigenvalue weighted by Gasteiger charge is 2.18. The highest BCUT2D eigenvalue weighted by Crippen LogP contribution is 2.19. The van der Waals surface area contributed by atoms with Gasteiger partial charge in [0.25, 0.3) is 5.91 Å². The van der Waals surface area contributed by atoms with Crippen LogP contribution in [0.4, 0.5) is 0 Å². The van der Waals surface area contributed by atoms with E-state index >= 15 is 0 Å². The molecule has 0 saturated carbocycles. The molecule has 0 bridgehead atoms. The molecule has 1 heterocycles. The molecule has 21 heavy (non-hydrogen) atoms. The number of carboxylic acid groups (broad SMARTS) is 1. The average molecular weight is 310 g/mol. The van der Waals surface area contributed by atoms with Crippen LogP contribution in [0.1, 0.15) is 20.8 Å². The van der Waals surface area contributed by atoms with Gasteiger partial charge in [0, 0.05) is 6.20 Å². The van der Waals surface area contributed by atoms with Gasteiger partial charge >= 0.3 is 5.97 Å². The Morgan fingerprint density at radius 1 is 1.24 bits per heavy atom. The van der Waals surface area contributed by atoms with Crippen LogP contribution in [-0.4, -0.2) is 35.2 Å². The lowest BCUT2D eigenvalue weighted by atomic mass is 10.2. The second-order valence-electron chi connectivity index (χ2n) is 4.04. The van der Waals surface area contributed by atoms with Crippen LogP contribution >= 0.6 is 0 Å². The molecule has 2 aromatic rings. The highest BCUT2D eigenvalue weighted by molar-refractivity contribution is 7.89. The molecule has 10 heteroatoms. The molecule has 0 spiro atoms. The van der Waals surface area contributed by atoms with Gasteiger partial charge in [0.1, 0.15) is 5.69 Å². The van der Waals surface area contributed by atoms with Crippen LogP contribution in [-0.2, 0) is 10.0 Å². The van der Waals surface area contributed by atoms with Gasteiger partial charge in [-0.05, 0) is 24.3 Å². The Kier molecular flexibility index (Phi) is 3.49. The van der Waals surface area contributed by atoms with Crippen molar-refractivity contribution in [1.29, 1.82) is 0 Å². The number of carbonyl (C=O) groups excluding carboxylic acids is 1. The fourth-order valence-corrected chi connectivity index (χ4v) is 2.19. The second kappa shape index (κ2) is 5.00. The van der Waals surface area contributed by atoms with Crippen LogP contribution in [0, 0.1) is 0 Å². The van der Waals surface area contributed by atoms with Gasteiger partial charge in [0.15, 0.2) is 0 Å². The van der Waals surface area contributed by atoms with Gasteiger partial charge in [0.05, 0.1) is 16.1 Å². The van der Waals surface area contributed by atoms with E-state index in [-0.39, 0.29) is 21.8 Å². The van der Waals surface area contributed by atoms with Crippen molar-refractivity contribution >= 4 is 21.9 Å². The number of amides is 1. The number of sulfonamides is 1. The fourth-order valence-electron chi connectivity index (χ4n) is 1.65. The molecule has 9 nitrogen and oxygen atoms in total. The van der Waals surface area contributed by atoms with Crippen molar-refractivity contribution in [3.05, 3.63) is 41.7 Å². The maximum absolute atomic E-state index is 11.3. The number of hydrogen-bond acceptors (Lipinski definition) is 5. The number of aromatic nitrogens is 2. The Morgan fingerprint density at radius 3 is 2.38 bits per heavy atom. The molecule has 2 rings (SSSR count). The molecule has 0 aliphatic rings. The van der Waals surface area contributed by atoms with Gasteiger partial charge in [-0.25, -0.2) is 23.0 Å². The first kappa shape index (κ1) is 14.7. The van der Waals surface area contributed by atoms with Crippen LogP contribution in [0.25, 0.3) is 5.69 Å². The average Bonchev–Trinajstić information content (AvgIpc) is 2.86. The summed E-state index contributed by atoms with van der Waals surface area (Å²) in [7, 11) is -4.03. The number of nitrogens with two attached hydrogens (primary N) is 2. The van der Waals surface area contributed by atoms with Gasteiger partial charge in [0.2, 0.25) is 10.0 Å². The van der Waals surface area contributed by atoms with E-state index < -0.39 is 21.9 Å². The molecule has 5 N–H and O–H groups in total. The summed E-state index contributed by atoms with van der Waals surface area (Å²) in [4.78, 5) is 21.9. The summed E-state index contributed by atoms with van der Waals surface area (Å²) in [6.07, 6.45) is 1.33. The minimum Gasteiger partial charge on any atom is -0.478 e. The van der Waals surface area contributed by atoms with E-state index in [2.05, 4.69) is 5.10 Å². The van der Waals surface area contributed by atoms with Gasteiger partial charge in [-0.3, -0.25) is 4.79 Å². The summed E-state index contributed by atoms with van der Waals surface area (Å²) in [5.41, 5.74) is 4.74. The third kappa shape index (κ3) is 2.90. The number of rotatable bonds is 4. The SMILES string of the molecule is NC(=O)c1ccn(-c2ccc(S(N)(=O)=O)cc2C(=O)O)n1. The molecule has 0 unspecified atom stereocenters. The first-order chi connectivity index (χ1) is 9.70. The zero-order valence-corrected chi connectivity index (χ0v) is 11.2. The Balaban J connectivity index is 2.63. The molecule has 110 valence electrons. The van der Waals surface area contributed by atoms with Gasteiger partial charge in [-0.1, -0.05) is 0 Å². The number of nitrogens with zero attached hydrogens (tertiary/aromatic N) is 2. The summed E-state index contributed by atoms with van der Waals surface area (Å²) in [5.74, 6) is -2.14. The van der Waals surface area contributed by atoms with Crippen molar-refractivity contribution in [2.75, 3.05) is 0 Å². The van der Waals surface area contributed by atoms with Gasteiger partial charge in [-0.2, -0.15) is 5.10 Å². The number of primary sulfonamides is 1. The Bertz CT molecular complexity index is 840. The van der Waals surface area contributed by atoms with Crippen molar-refractivity contribution in [1.82, 2.24) is 9.78 Å². The number of hydrogen-bond donors (Lipinski definition) is 3. The summed E-state index contributed by atoms with van der Waals surface area (Å²) in [5, 5.41) is 17.9. The topological polar surface area (TPSA) is 158 Å². The van der Waals surface area contributed by atoms with Crippen LogP contribution in [0.3, 0.4) is 0 Å². The largest absolute Gasteiger partial charge is 0.478 e. The monoisotopic (exact) mass is 310 g/mol. The lowest BCUT2D eigenvalue weighted by molar-refractivity contribution is 0.0696. The zero-order chi connectivity index (χ0) is 15.8. The first-order valence-corrected chi connectivity index (χ1v) is 7.01. The molecule has 0 aliphatic heterocycles. The molecular weight excluding hydrogens is 300 g/mol. The van der Waals surface area contributed by atoms with E-state index in [9.17, 15) is 18.0 Å². The Hall–Kier alpha value is -2.72. The third-order valence-corrected chi connectivity index (χ3v) is 3.53. The summed E-state index contributed by atoms with van der Waals surface area (Å²) in [6, 6.07) is 4.59. The standard InChI is InChI=1S/C11H10N4O5S/c12-10(16)8-3-4-15(14-8)9-2-1-6(21(13,19)20)5-7(9)11(17)18/h1-5H,(H2,12,16)(H,17,18)(H2,13,19,20). The van der Waals surface area contributed by atoms with E-state index in [1.165, 1.54) is 18.3 Å². The quantitative estimate of drug-likeness (QED) is 0.678. The molecule has 1 aromatic heterocycles. The Labute approximate surface area is 118 Å². The minimum atomic E-state index is -4.03. The molecule has 0 fully saturated rings. The van der Waals surface area contributed by atoms with Gasteiger partial charge < -0.3 is 10.8 Å². The summed E-state index contributed by atoms with van der Waals surface area (Å²) < 4.78 is 23.6. The normalized spacial score (nSPS) is 11.3. The van der Waals surface area contributed by atoms with Crippen LogP contribution < -0.4 is 10.9 Å². The van der Waals surface area contributed by atoms with Crippen LogP contribution in [0.15, 0.2) is 35.4 Å². The predicted octanol–water partition coefficient (Wildman–Crippen LogP) is -0.683. The van der Waals surface area contributed by atoms with E-state index in [1.807, 2.05) is 0 Å². The summed E-state index contributed by atoms with van der Waals surface area (Å²) in [6.45, 7) is 0. The van der Waals surface area contributed by atoms with Crippen LogP contribution in [0.2, 0.25) is 0 Å². The van der Waals surface area contributed by atoms with Crippen molar-refractivity contribution in [3.63, 3.8) is 0 Å². The number of aromatic carboxylic acids is 1. The van der Waals surface area contributed by atoms with Crippen molar-refractivity contribution < 1.29 is 23.1 Å². The fraction of sp³-hybridized carbons (Fsp3) is 0. The van der Waals surface area contributed by atoms with E-state index in [0.29, 0.717) is 0 Å². The van der Waals surface area contributed by atoms with Gasteiger partial charge in [-0.15, -0.1) is 0 Å². The predicted molar refractivity (Wildman–Crippen MR) is 70.4 cm³/mol. The highest BCUT2D eigenvalue weighted by atomic mass is 32.2. The van der Waals surface area contributed by atoms with Crippen molar-refractivity contribution in [3.8, 4) is 5.69 Å². The van der Waals surface area contributed by atoms with E-state index in [0.717, 1.165) is 16.8 Å². The van der Waals surface area contributed by atoms with E-state index in [1.54, 1.807) is 0 Å². The molecule has 1 aromatic carbocycles. The first-order valence-electron chi connectivity index (χ1n) is 5.46. The lowest BCUT2D eigenvalue weighted by Gasteiger charge is -2.08. The van der Waals surface area contributed by atoms with Crippen LogP contribution in [0.5, 0.6) is 0 Å².